The molecule has 3 heterocycles. The standard InChI is InChI=1S/C15H20N6O4/c1-18-12(22)6-10(17-14(18)24)21-11(7-13(23)19(2)15(21)25)20-5-3-4-9(16)8-20/h6-7,9H,3-5,8,16H2,1-2H3,(H,17,24)/t9-/m1/s1. The van der Waals surface area contributed by atoms with Crippen LogP contribution in [0.25, 0.3) is 5.82 Å². The molecule has 0 amide bonds. The molecule has 2 aromatic heterocycles. The summed E-state index contributed by atoms with van der Waals surface area (Å²) >= 11 is 0. The topological polar surface area (TPSA) is 128 Å². The van der Waals surface area contributed by atoms with Gasteiger partial charge in [-0.25, -0.2) is 14.2 Å². The molecule has 0 radical (unpaired) electrons. The fourth-order valence-corrected chi connectivity index (χ4v) is 2.96. The molecule has 0 unspecified atom stereocenters. The molecule has 1 fully saturated rings. The maximum Gasteiger partial charge on any atom is 0.338 e. The van der Waals surface area contributed by atoms with E-state index in [2.05, 4.69) is 4.98 Å². The normalized spacial score (nSPS) is 17.7. The van der Waals surface area contributed by atoms with Crippen LogP contribution in [-0.4, -0.2) is 37.8 Å². The number of aromatic nitrogens is 4. The molecule has 3 N–H and O–H groups in total. The SMILES string of the molecule is Cn1c(=O)cc(-n2c(N3CCC[C@@H](N)C3)cc(=O)n(C)c2=O)[nH]c1=O. The molecular weight excluding hydrogens is 328 g/mol. The van der Waals surface area contributed by atoms with Gasteiger partial charge >= 0.3 is 11.4 Å². The van der Waals surface area contributed by atoms with Crippen LogP contribution in [0, 0.1) is 0 Å². The lowest BCUT2D eigenvalue weighted by Crippen LogP contribution is -2.47. The van der Waals surface area contributed by atoms with Crippen molar-refractivity contribution in [2.24, 2.45) is 19.8 Å². The zero-order chi connectivity index (χ0) is 18.3. The second-order valence-electron chi connectivity index (χ2n) is 6.22. The van der Waals surface area contributed by atoms with Crippen LogP contribution in [0.2, 0.25) is 0 Å². The molecule has 1 saturated heterocycles. The van der Waals surface area contributed by atoms with Gasteiger partial charge in [0.25, 0.3) is 11.1 Å². The van der Waals surface area contributed by atoms with Crippen LogP contribution < -0.4 is 33.1 Å². The van der Waals surface area contributed by atoms with Gasteiger partial charge in [-0.1, -0.05) is 0 Å². The van der Waals surface area contributed by atoms with Crippen LogP contribution >= 0.6 is 0 Å². The highest BCUT2D eigenvalue weighted by molar-refractivity contribution is 5.45. The molecule has 0 spiro atoms. The minimum atomic E-state index is -0.649. The maximum absolute atomic E-state index is 12.7. The van der Waals surface area contributed by atoms with E-state index >= 15 is 0 Å². The summed E-state index contributed by atoms with van der Waals surface area (Å²) in [5.74, 6) is 0.329. The smallest absolute Gasteiger partial charge is 0.338 e. The fraction of sp³-hybridized carbons (Fsp3) is 0.467. The molecule has 10 heteroatoms. The Labute approximate surface area is 141 Å². The number of nitrogens with zero attached hydrogens (tertiary/aromatic N) is 4. The van der Waals surface area contributed by atoms with E-state index in [0.717, 1.165) is 28.0 Å². The maximum atomic E-state index is 12.7. The third kappa shape index (κ3) is 2.95. The minimum Gasteiger partial charge on any atom is -0.356 e. The van der Waals surface area contributed by atoms with E-state index in [0.29, 0.717) is 18.9 Å². The van der Waals surface area contributed by atoms with Crippen molar-refractivity contribution in [3.8, 4) is 5.82 Å². The molecule has 1 atom stereocenters. The summed E-state index contributed by atoms with van der Waals surface area (Å²) in [6.45, 7) is 1.09. The predicted octanol–water partition coefficient (Wildman–Crippen LogP) is -2.15. The van der Waals surface area contributed by atoms with Crippen LogP contribution in [0.3, 0.4) is 0 Å². The van der Waals surface area contributed by atoms with Crippen molar-refractivity contribution in [2.75, 3.05) is 18.0 Å². The van der Waals surface area contributed by atoms with Gasteiger partial charge in [0.1, 0.15) is 11.6 Å². The van der Waals surface area contributed by atoms with Gasteiger partial charge in [-0.3, -0.25) is 23.7 Å². The minimum absolute atomic E-state index is 0.0165. The fourth-order valence-electron chi connectivity index (χ4n) is 2.96. The molecule has 134 valence electrons. The lowest BCUT2D eigenvalue weighted by atomic mass is 10.1. The lowest BCUT2D eigenvalue weighted by Gasteiger charge is -2.33. The molecule has 10 nitrogen and oxygen atoms in total. The van der Waals surface area contributed by atoms with E-state index in [1.165, 1.54) is 24.7 Å². The molecule has 0 aliphatic carbocycles. The van der Waals surface area contributed by atoms with E-state index < -0.39 is 22.5 Å². The Morgan fingerprint density at radius 1 is 1.08 bits per heavy atom. The number of hydrogen-bond donors (Lipinski definition) is 2. The average molecular weight is 348 g/mol. The zero-order valence-corrected chi connectivity index (χ0v) is 14.1. The Morgan fingerprint density at radius 3 is 2.40 bits per heavy atom. The summed E-state index contributed by atoms with van der Waals surface area (Å²) in [6.07, 6.45) is 1.67. The highest BCUT2D eigenvalue weighted by Crippen LogP contribution is 2.18. The number of H-pyrrole nitrogens is 1. The van der Waals surface area contributed by atoms with Gasteiger partial charge in [0.05, 0.1) is 0 Å². The van der Waals surface area contributed by atoms with Crippen LogP contribution in [-0.2, 0) is 14.1 Å². The quantitative estimate of drug-likeness (QED) is 0.637. The summed E-state index contributed by atoms with van der Waals surface area (Å²) < 4.78 is 2.98. The van der Waals surface area contributed by atoms with Gasteiger partial charge in [0.2, 0.25) is 0 Å². The van der Waals surface area contributed by atoms with Crippen molar-refractivity contribution < 1.29 is 0 Å². The summed E-state index contributed by atoms with van der Waals surface area (Å²) in [5, 5.41) is 0. The number of hydrogen-bond acceptors (Lipinski definition) is 6. The average Bonchev–Trinajstić information content (AvgIpc) is 2.57. The molecule has 3 rings (SSSR count). The second-order valence-corrected chi connectivity index (χ2v) is 6.22. The number of nitrogens with one attached hydrogen (secondary N) is 1. The van der Waals surface area contributed by atoms with Gasteiger partial charge in [0, 0.05) is 45.4 Å². The van der Waals surface area contributed by atoms with Crippen molar-refractivity contribution in [3.05, 3.63) is 53.8 Å². The van der Waals surface area contributed by atoms with Crippen molar-refractivity contribution in [1.29, 1.82) is 0 Å². The first-order chi connectivity index (χ1) is 11.8. The summed E-state index contributed by atoms with van der Waals surface area (Å²) in [5.41, 5.74) is 3.68. The van der Waals surface area contributed by atoms with Gasteiger partial charge in [-0.05, 0) is 12.8 Å². The molecular formula is C15H20N6O4. The largest absolute Gasteiger partial charge is 0.356 e. The molecule has 2 aromatic rings. The molecule has 0 bridgehead atoms. The Morgan fingerprint density at radius 2 is 1.76 bits per heavy atom. The van der Waals surface area contributed by atoms with E-state index in [-0.39, 0.29) is 11.9 Å². The Kier molecular flexibility index (Phi) is 4.21. The van der Waals surface area contributed by atoms with Crippen molar-refractivity contribution >= 4 is 5.82 Å². The molecule has 0 aromatic carbocycles. The first-order valence-corrected chi connectivity index (χ1v) is 7.94. The first kappa shape index (κ1) is 17.0. The van der Waals surface area contributed by atoms with E-state index in [1.54, 1.807) is 0 Å². The van der Waals surface area contributed by atoms with Crippen LogP contribution in [0.5, 0.6) is 0 Å². The van der Waals surface area contributed by atoms with Gasteiger partial charge in [-0.2, -0.15) is 0 Å². The van der Waals surface area contributed by atoms with Crippen LogP contribution in [0.4, 0.5) is 5.82 Å². The molecule has 1 aliphatic rings. The van der Waals surface area contributed by atoms with Crippen molar-refractivity contribution in [3.63, 3.8) is 0 Å². The second kappa shape index (κ2) is 6.20. The van der Waals surface area contributed by atoms with Gasteiger partial charge < -0.3 is 10.6 Å². The van der Waals surface area contributed by atoms with Crippen molar-refractivity contribution in [2.45, 2.75) is 18.9 Å². The van der Waals surface area contributed by atoms with E-state index in [4.69, 9.17) is 5.73 Å². The third-order valence-corrected chi connectivity index (χ3v) is 4.44. The Hall–Kier alpha value is -2.88. The van der Waals surface area contributed by atoms with Gasteiger partial charge in [0.15, 0.2) is 0 Å². The lowest BCUT2D eigenvalue weighted by molar-refractivity contribution is 0.497. The number of piperidine rings is 1. The van der Waals surface area contributed by atoms with E-state index in [9.17, 15) is 19.2 Å². The first-order valence-electron chi connectivity index (χ1n) is 7.94. The number of aromatic amines is 1. The molecule has 0 saturated carbocycles. The molecule has 1 aliphatic heterocycles. The summed E-state index contributed by atoms with van der Waals surface area (Å²) in [6, 6.07) is 2.39. The summed E-state index contributed by atoms with van der Waals surface area (Å²) in [7, 11) is 2.67. The number of anilines is 1. The number of rotatable bonds is 2. The van der Waals surface area contributed by atoms with Crippen LogP contribution in [0.15, 0.2) is 31.3 Å². The molecule has 25 heavy (non-hydrogen) atoms. The van der Waals surface area contributed by atoms with Crippen LogP contribution in [0.1, 0.15) is 12.8 Å². The highest BCUT2D eigenvalue weighted by Gasteiger charge is 2.23. The monoisotopic (exact) mass is 348 g/mol. The number of nitrogens with two attached hydrogens (primary N) is 1. The van der Waals surface area contributed by atoms with Gasteiger partial charge in [-0.15, -0.1) is 0 Å². The Bertz CT molecular complexity index is 1010. The third-order valence-electron chi connectivity index (χ3n) is 4.44. The predicted molar refractivity (Wildman–Crippen MR) is 92.6 cm³/mol. The highest BCUT2D eigenvalue weighted by atomic mass is 16.2. The zero-order valence-electron chi connectivity index (χ0n) is 14.1. The van der Waals surface area contributed by atoms with Crippen molar-refractivity contribution in [1.82, 2.24) is 18.7 Å². The Balaban J connectivity index is 2.30. The summed E-state index contributed by atoms with van der Waals surface area (Å²) in [4.78, 5) is 53.0. The van der Waals surface area contributed by atoms with E-state index in [1.807, 2.05) is 4.90 Å².